The number of hydrogen-bond donors (Lipinski definition) is 2. The second-order valence-corrected chi connectivity index (χ2v) is 4.73. The van der Waals surface area contributed by atoms with Crippen LogP contribution in [0.2, 0.25) is 0 Å². The van der Waals surface area contributed by atoms with Crippen molar-refractivity contribution in [3.8, 4) is 0 Å². The number of hydrogen-bond acceptors (Lipinski definition) is 2. The summed E-state index contributed by atoms with van der Waals surface area (Å²) < 4.78 is 38.9. The van der Waals surface area contributed by atoms with Gasteiger partial charge in [0, 0.05) is 12.1 Å². The van der Waals surface area contributed by atoms with Gasteiger partial charge in [-0.2, -0.15) is 0 Å². The maximum atomic E-state index is 13.0. The lowest BCUT2D eigenvalue weighted by atomic mass is 10.1. The molecule has 22 heavy (non-hydrogen) atoms. The molecule has 0 atom stereocenters. The van der Waals surface area contributed by atoms with Gasteiger partial charge >= 0.3 is 0 Å². The summed E-state index contributed by atoms with van der Waals surface area (Å²) in [6.45, 7) is 0.219. The highest BCUT2D eigenvalue weighted by Gasteiger charge is 2.14. The first-order valence-electron chi connectivity index (χ1n) is 6.62. The van der Waals surface area contributed by atoms with Crippen LogP contribution < -0.4 is 5.32 Å². The first kappa shape index (κ1) is 16.0. The Morgan fingerprint density at radius 3 is 2.09 bits per heavy atom. The van der Waals surface area contributed by atoms with E-state index in [0.717, 1.165) is 11.1 Å². The van der Waals surface area contributed by atoms with E-state index in [-0.39, 0.29) is 18.7 Å². The van der Waals surface area contributed by atoms with E-state index < -0.39 is 23.4 Å². The molecule has 0 spiro atoms. The molecule has 2 aromatic carbocycles. The van der Waals surface area contributed by atoms with Crippen LogP contribution in [0.15, 0.2) is 36.4 Å². The fourth-order valence-corrected chi connectivity index (χ4v) is 1.92. The predicted molar refractivity (Wildman–Crippen MR) is 74.7 cm³/mol. The van der Waals surface area contributed by atoms with Crippen LogP contribution in [0.3, 0.4) is 0 Å². The van der Waals surface area contributed by atoms with Crippen molar-refractivity contribution in [1.82, 2.24) is 5.32 Å². The van der Waals surface area contributed by atoms with Gasteiger partial charge in [0.25, 0.3) is 5.91 Å². The van der Waals surface area contributed by atoms with Crippen molar-refractivity contribution in [3.63, 3.8) is 0 Å². The molecule has 0 radical (unpaired) electrons. The lowest BCUT2D eigenvalue weighted by Gasteiger charge is -2.07. The molecular formula is C16H14F3NO2. The molecule has 2 N–H and O–H groups in total. The lowest BCUT2D eigenvalue weighted by molar-refractivity contribution is 0.0953. The van der Waals surface area contributed by atoms with E-state index in [0.29, 0.717) is 18.6 Å². The van der Waals surface area contributed by atoms with Crippen molar-refractivity contribution >= 4 is 5.91 Å². The van der Waals surface area contributed by atoms with Gasteiger partial charge in [0.05, 0.1) is 6.61 Å². The Bertz CT molecular complexity index is 649. The van der Waals surface area contributed by atoms with Gasteiger partial charge < -0.3 is 10.4 Å². The Hall–Kier alpha value is -2.34. The summed E-state index contributed by atoms with van der Waals surface area (Å²) in [6, 6.07) is 8.47. The summed E-state index contributed by atoms with van der Waals surface area (Å²) in [7, 11) is 0. The summed E-state index contributed by atoms with van der Waals surface area (Å²) in [5, 5.41) is 11.4. The first-order valence-corrected chi connectivity index (χ1v) is 6.62. The van der Waals surface area contributed by atoms with Crippen LogP contribution in [0.4, 0.5) is 13.2 Å². The molecule has 0 bridgehead atoms. The lowest BCUT2D eigenvalue weighted by Crippen LogP contribution is -2.26. The van der Waals surface area contributed by atoms with Crippen LogP contribution in [0.25, 0.3) is 0 Å². The number of aliphatic hydroxyl groups is 1. The predicted octanol–water partition coefficient (Wildman–Crippen LogP) is 2.57. The third kappa shape index (κ3) is 3.85. The van der Waals surface area contributed by atoms with Crippen molar-refractivity contribution in [2.75, 3.05) is 6.54 Å². The van der Waals surface area contributed by atoms with Crippen molar-refractivity contribution in [1.29, 1.82) is 0 Å². The number of rotatable bonds is 5. The van der Waals surface area contributed by atoms with Gasteiger partial charge in [-0.15, -0.1) is 0 Å². The Morgan fingerprint density at radius 1 is 1.00 bits per heavy atom. The molecule has 0 fully saturated rings. The molecule has 0 aliphatic heterocycles. The van der Waals surface area contributed by atoms with Crippen molar-refractivity contribution in [3.05, 3.63) is 70.5 Å². The average molecular weight is 309 g/mol. The zero-order valence-electron chi connectivity index (χ0n) is 11.6. The zero-order valence-corrected chi connectivity index (χ0v) is 11.6. The molecular weight excluding hydrogens is 295 g/mol. The quantitative estimate of drug-likeness (QED) is 0.834. The van der Waals surface area contributed by atoms with Crippen molar-refractivity contribution < 1.29 is 23.1 Å². The van der Waals surface area contributed by atoms with Gasteiger partial charge in [-0.25, -0.2) is 13.2 Å². The van der Waals surface area contributed by atoms with Crippen LogP contribution in [0.1, 0.15) is 21.5 Å². The number of carbonyl (C=O) groups excluding carboxylic acids is 1. The molecule has 2 rings (SSSR count). The third-order valence-corrected chi connectivity index (χ3v) is 3.15. The molecule has 2 aromatic rings. The maximum absolute atomic E-state index is 13.0. The molecule has 0 aliphatic carbocycles. The molecule has 116 valence electrons. The highest BCUT2D eigenvalue weighted by molar-refractivity contribution is 5.94. The van der Waals surface area contributed by atoms with Crippen LogP contribution in [0.5, 0.6) is 0 Å². The topological polar surface area (TPSA) is 49.3 Å². The Kier molecular flexibility index (Phi) is 5.16. The van der Waals surface area contributed by atoms with Gasteiger partial charge in [0.2, 0.25) is 0 Å². The smallest absolute Gasteiger partial charge is 0.251 e. The second-order valence-electron chi connectivity index (χ2n) is 4.73. The van der Waals surface area contributed by atoms with Crippen LogP contribution in [0, 0.1) is 17.5 Å². The van der Waals surface area contributed by atoms with Gasteiger partial charge in [0.1, 0.15) is 0 Å². The number of benzene rings is 2. The monoisotopic (exact) mass is 309 g/mol. The second kappa shape index (κ2) is 7.09. The van der Waals surface area contributed by atoms with Crippen molar-refractivity contribution in [2.24, 2.45) is 0 Å². The minimum absolute atomic E-state index is 0.0429. The molecule has 0 heterocycles. The van der Waals surface area contributed by atoms with E-state index in [1.54, 1.807) is 12.1 Å². The molecule has 0 saturated carbocycles. The summed E-state index contributed by atoms with van der Waals surface area (Å²) in [6.07, 6.45) is 0.517. The normalized spacial score (nSPS) is 10.5. The summed E-state index contributed by atoms with van der Waals surface area (Å²) in [5.74, 6) is -5.07. The largest absolute Gasteiger partial charge is 0.392 e. The maximum Gasteiger partial charge on any atom is 0.251 e. The van der Waals surface area contributed by atoms with Crippen LogP contribution in [-0.4, -0.2) is 17.6 Å². The highest BCUT2D eigenvalue weighted by atomic mass is 19.2. The summed E-state index contributed by atoms with van der Waals surface area (Å²) in [4.78, 5) is 11.8. The van der Waals surface area contributed by atoms with E-state index in [4.69, 9.17) is 5.11 Å². The number of aliphatic hydroxyl groups excluding tert-OH is 1. The number of nitrogens with one attached hydrogen (secondary N) is 1. The van der Waals surface area contributed by atoms with E-state index >= 15 is 0 Å². The molecule has 0 aromatic heterocycles. The highest BCUT2D eigenvalue weighted by Crippen LogP contribution is 2.13. The van der Waals surface area contributed by atoms with Crippen LogP contribution >= 0.6 is 0 Å². The van der Waals surface area contributed by atoms with Gasteiger partial charge in [-0.05, 0) is 29.7 Å². The number of amides is 1. The van der Waals surface area contributed by atoms with Gasteiger partial charge in [0.15, 0.2) is 17.5 Å². The Balaban J connectivity index is 1.92. The molecule has 1 amide bonds. The fourth-order valence-electron chi connectivity index (χ4n) is 1.92. The van der Waals surface area contributed by atoms with Gasteiger partial charge in [-0.1, -0.05) is 24.3 Å². The average Bonchev–Trinajstić information content (AvgIpc) is 2.52. The third-order valence-electron chi connectivity index (χ3n) is 3.15. The minimum atomic E-state index is -1.60. The van der Waals surface area contributed by atoms with Crippen LogP contribution in [-0.2, 0) is 13.0 Å². The molecule has 0 unspecified atom stereocenters. The van der Waals surface area contributed by atoms with E-state index in [9.17, 15) is 18.0 Å². The molecule has 3 nitrogen and oxygen atoms in total. The number of halogens is 3. The minimum Gasteiger partial charge on any atom is -0.392 e. The SMILES string of the molecule is O=C(NCCc1ccc(CO)cc1)c1cc(F)c(F)c(F)c1. The Morgan fingerprint density at radius 2 is 1.55 bits per heavy atom. The number of carbonyl (C=O) groups is 1. The molecule has 6 heteroatoms. The zero-order chi connectivity index (χ0) is 16.1. The first-order chi connectivity index (χ1) is 10.5. The van der Waals surface area contributed by atoms with E-state index in [1.165, 1.54) is 0 Å². The van der Waals surface area contributed by atoms with E-state index in [1.807, 2.05) is 12.1 Å². The molecule has 0 saturated heterocycles. The summed E-state index contributed by atoms with van der Waals surface area (Å²) in [5.41, 5.74) is 1.45. The molecule has 0 aliphatic rings. The van der Waals surface area contributed by atoms with Crippen molar-refractivity contribution in [2.45, 2.75) is 13.0 Å². The summed E-state index contributed by atoms with van der Waals surface area (Å²) >= 11 is 0. The van der Waals surface area contributed by atoms with Gasteiger partial charge in [-0.3, -0.25) is 4.79 Å². The van der Waals surface area contributed by atoms with E-state index in [2.05, 4.69) is 5.32 Å². The fraction of sp³-hybridized carbons (Fsp3) is 0.188. The standard InChI is InChI=1S/C16H14F3NO2/c17-13-7-12(8-14(18)15(13)19)16(22)20-6-5-10-1-3-11(9-21)4-2-10/h1-4,7-8,21H,5-6,9H2,(H,20,22). The Labute approximate surface area is 125 Å².